The molecule has 1 aliphatic rings. The van der Waals surface area contributed by atoms with Crippen LogP contribution in [0.15, 0.2) is 24.1 Å². The monoisotopic (exact) mass is 434 g/mol. The van der Waals surface area contributed by atoms with Gasteiger partial charge in [0.25, 0.3) is 5.91 Å². The van der Waals surface area contributed by atoms with Crippen molar-refractivity contribution in [3.05, 3.63) is 39.7 Å². The predicted molar refractivity (Wildman–Crippen MR) is 104 cm³/mol. The zero-order valence-corrected chi connectivity index (χ0v) is 17.0. The van der Waals surface area contributed by atoms with Gasteiger partial charge in [0.05, 0.1) is 10.0 Å². The number of ketones is 1. The van der Waals surface area contributed by atoms with Gasteiger partial charge >= 0.3 is 0 Å². The van der Waals surface area contributed by atoms with Crippen molar-refractivity contribution in [3.8, 4) is 5.75 Å². The van der Waals surface area contributed by atoms with Crippen LogP contribution >= 0.6 is 23.2 Å². The lowest BCUT2D eigenvalue weighted by molar-refractivity contribution is -0.134. The average Bonchev–Trinajstić information content (AvgIpc) is 2.60. The van der Waals surface area contributed by atoms with Crippen molar-refractivity contribution in [3.63, 3.8) is 0 Å². The van der Waals surface area contributed by atoms with E-state index >= 15 is 0 Å². The number of hydrogen-bond donors (Lipinski definition) is 1. The summed E-state index contributed by atoms with van der Waals surface area (Å²) in [5.41, 5.74) is 0.263. The van der Waals surface area contributed by atoms with Gasteiger partial charge in [0, 0.05) is 30.1 Å². The highest BCUT2D eigenvalue weighted by Crippen LogP contribution is 2.31. The van der Waals surface area contributed by atoms with Crippen molar-refractivity contribution in [1.29, 1.82) is 0 Å². The third-order valence-corrected chi connectivity index (χ3v) is 5.86. The highest BCUT2D eigenvalue weighted by Gasteiger charge is 2.25. The smallest absolute Gasteiger partial charge is 0.260 e. The summed E-state index contributed by atoms with van der Waals surface area (Å²) in [5, 5.41) is 1.29. The predicted octanol–water partition coefficient (Wildman–Crippen LogP) is 2.63. The van der Waals surface area contributed by atoms with E-state index in [0.717, 1.165) is 5.41 Å². The number of halogens is 2. The molecule has 0 aromatic heterocycles. The Labute approximate surface area is 168 Å². The minimum absolute atomic E-state index is 0.202. The first kappa shape index (κ1) is 21.7. The van der Waals surface area contributed by atoms with Gasteiger partial charge in [0.1, 0.15) is 5.75 Å². The molecule has 27 heavy (non-hydrogen) atoms. The summed E-state index contributed by atoms with van der Waals surface area (Å²) in [4.78, 5) is 25.5. The van der Waals surface area contributed by atoms with Gasteiger partial charge in [-0.15, -0.1) is 0 Å². The number of hydrogen-bond acceptors (Lipinski definition) is 5. The van der Waals surface area contributed by atoms with Crippen LogP contribution in [0.4, 0.5) is 0 Å². The molecule has 1 heterocycles. The number of sulfonamides is 1. The highest BCUT2D eigenvalue weighted by molar-refractivity contribution is 7.92. The number of likely N-dealkylation sites (tertiary alicyclic amines) is 1. The third-order valence-electron chi connectivity index (χ3n) is 4.15. The van der Waals surface area contributed by atoms with Gasteiger partial charge in [-0.1, -0.05) is 29.8 Å². The standard InChI is InChI=1S/C17H20Cl2N2O5S/c1-3-27(24,25)20-12-4-6-21(7-5-12)17(23)10-26-16-8-13(11(2)22)14(18)9-15(16)19/h3,8-9,12,20H,1,4-7,10H2,2H3. The molecule has 0 spiro atoms. The van der Waals surface area contributed by atoms with E-state index in [1.807, 2.05) is 0 Å². The summed E-state index contributed by atoms with van der Waals surface area (Å²) in [7, 11) is -3.49. The normalized spacial score (nSPS) is 15.4. The summed E-state index contributed by atoms with van der Waals surface area (Å²) in [6, 6.07) is 2.58. The Bertz CT molecular complexity index is 849. The second-order valence-electron chi connectivity index (χ2n) is 6.09. The minimum atomic E-state index is -3.49. The average molecular weight is 435 g/mol. The van der Waals surface area contributed by atoms with Crippen LogP contribution in [0.25, 0.3) is 0 Å². The van der Waals surface area contributed by atoms with E-state index in [4.69, 9.17) is 27.9 Å². The van der Waals surface area contributed by atoms with Crippen LogP contribution in [0.2, 0.25) is 10.0 Å². The van der Waals surface area contributed by atoms with Crippen LogP contribution in [0.1, 0.15) is 30.1 Å². The second-order valence-corrected chi connectivity index (χ2v) is 8.57. The molecule has 10 heteroatoms. The van der Waals surface area contributed by atoms with Crippen LogP contribution in [0.3, 0.4) is 0 Å². The van der Waals surface area contributed by atoms with E-state index < -0.39 is 10.0 Å². The van der Waals surface area contributed by atoms with Gasteiger partial charge in [-0.2, -0.15) is 0 Å². The van der Waals surface area contributed by atoms with Gasteiger partial charge < -0.3 is 9.64 Å². The van der Waals surface area contributed by atoms with Gasteiger partial charge in [0.15, 0.2) is 12.4 Å². The quantitative estimate of drug-likeness (QED) is 0.665. The number of piperidine rings is 1. The maximum absolute atomic E-state index is 12.3. The Morgan fingerprint density at radius 3 is 2.48 bits per heavy atom. The molecule has 0 bridgehead atoms. The fraction of sp³-hybridized carbons (Fsp3) is 0.412. The fourth-order valence-corrected chi connectivity index (χ4v) is 4.03. The van der Waals surface area contributed by atoms with Crippen molar-refractivity contribution >= 4 is 44.9 Å². The number of nitrogens with zero attached hydrogens (tertiary/aromatic N) is 1. The molecule has 0 saturated carbocycles. The molecule has 7 nitrogen and oxygen atoms in total. The molecule has 0 radical (unpaired) electrons. The molecule has 0 atom stereocenters. The number of amides is 1. The van der Waals surface area contributed by atoms with Crippen LogP contribution < -0.4 is 9.46 Å². The van der Waals surface area contributed by atoms with E-state index in [-0.39, 0.29) is 45.7 Å². The van der Waals surface area contributed by atoms with Crippen LogP contribution in [0.5, 0.6) is 5.75 Å². The first-order valence-electron chi connectivity index (χ1n) is 8.18. The summed E-state index contributed by atoms with van der Waals surface area (Å²) in [5.74, 6) is -0.291. The van der Waals surface area contributed by atoms with E-state index in [9.17, 15) is 18.0 Å². The van der Waals surface area contributed by atoms with E-state index in [1.54, 1.807) is 4.90 Å². The number of ether oxygens (including phenoxy) is 1. The summed E-state index contributed by atoms with van der Waals surface area (Å²) in [6.07, 6.45) is 0.990. The first-order chi connectivity index (χ1) is 12.6. The molecule has 1 saturated heterocycles. The number of Topliss-reactive ketones (excluding diaryl/α,β-unsaturated/α-hetero) is 1. The number of nitrogens with one attached hydrogen (secondary N) is 1. The number of carbonyl (C=O) groups excluding carboxylic acids is 2. The molecule has 0 unspecified atom stereocenters. The molecular weight excluding hydrogens is 415 g/mol. The molecule has 1 aromatic rings. The van der Waals surface area contributed by atoms with Crippen LogP contribution in [-0.2, 0) is 14.8 Å². The Kier molecular flexibility index (Phi) is 7.27. The van der Waals surface area contributed by atoms with Crippen LogP contribution in [0, 0.1) is 0 Å². The summed E-state index contributed by atoms with van der Waals surface area (Å²) < 4.78 is 31.0. The summed E-state index contributed by atoms with van der Waals surface area (Å²) in [6.45, 7) is 5.18. The lowest BCUT2D eigenvalue weighted by Crippen LogP contribution is -2.47. The largest absolute Gasteiger partial charge is 0.482 e. The van der Waals surface area contributed by atoms with E-state index in [0.29, 0.717) is 25.9 Å². The molecule has 148 valence electrons. The van der Waals surface area contributed by atoms with Crippen molar-refractivity contribution < 1.29 is 22.7 Å². The Hall–Kier alpha value is -1.61. The zero-order valence-electron chi connectivity index (χ0n) is 14.7. The van der Waals surface area contributed by atoms with E-state index in [1.165, 1.54) is 19.1 Å². The molecule has 2 rings (SSSR count). The molecule has 1 aromatic carbocycles. The van der Waals surface area contributed by atoms with Crippen molar-refractivity contribution in [2.75, 3.05) is 19.7 Å². The second kappa shape index (κ2) is 9.05. The number of carbonyl (C=O) groups is 2. The minimum Gasteiger partial charge on any atom is -0.482 e. The topological polar surface area (TPSA) is 92.8 Å². The molecule has 1 aliphatic heterocycles. The fourth-order valence-electron chi connectivity index (χ4n) is 2.67. The van der Waals surface area contributed by atoms with Gasteiger partial charge in [0.2, 0.25) is 10.0 Å². The van der Waals surface area contributed by atoms with Gasteiger partial charge in [-0.3, -0.25) is 9.59 Å². The lowest BCUT2D eigenvalue weighted by atomic mass is 10.1. The first-order valence-corrected chi connectivity index (χ1v) is 10.5. The maximum Gasteiger partial charge on any atom is 0.260 e. The van der Waals surface area contributed by atoms with Crippen molar-refractivity contribution in [1.82, 2.24) is 9.62 Å². The van der Waals surface area contributed by atoms with Crippen molar-refractivity contribution in [2.24, 2.45) is 0 Å². The zero-order chi connectivity index (χ0) is 20.2. The highest BCUT2D eigenvalue weighted by atomic mass is 35.5. The SMILES string of the molecule is C=CS(=O)(=O)NC1CCN(C(=O)COc2cc(C(C)=O)c(Cl)cc2Cl)CC1. The molecule has 1 amide bonds. The third kappa shape index (κ3) is 5.93. The molecule has 1 fully saturated rings. The molecule has 0 aliphatic carbocycles. The number of rotatable bonds is 7. The molecular formula is C17H20Cl2N2O5S. The van der Waals surface area contributed by atoms with Crippen LogP contribution in [-0.4, -0.2) is 50.7 Å². The van der Waals surface area contributed by atoms with E-state index in [2.05, 4.69) is 11.3 Å². The molecule has 1 N–H and O–H groups in total. The van der Waals surface area contributed by atoms with Crippen molar-refractivity contribution in [2.45, 2.75) is 25.8 Å². The maximum atomic E-state index is 12.3. The Morgan fingerprint density at radius 2 is 1.93 bits per heavy atom. The van der Waals surface area contributed by atoms with Gasteiger partial charge in [-0.25, -0.2) is 13.1 Å². The summed E-state index contributed by atoms with van der Waals surface area (Å²) >= 11 is 12.0. The number of benzene rings is 1. The Balaban J connectivity index is 1.91. The Morgan fingerprint density at radius 1 is 1.30 bits per heavy atom. The van der Waals surface area contributed by atoms with Gasteiger partial charge in [-0.05, 0) is 31.9 Å². The lowest BCUT2D eigenvalue weighted by Gasteiger charge is -2.32.